The molecule has 0 amide bonds. The number of Topliss-reactive ketones (excluding diaryl/α,β-unsaturated/α-hetero) is 1. The number of hydrogen-bond donors (Lipinski definition) is 1. The summed E-state index contributed by atoms with van der Waals surface area (Å²) in [6, 6.07) is 13.3. The fraction of sp³-hybridized carbons (Fsp3) is 0.211. The molecule has 0 bridgehead atoms. The summed E-state index contributed by atoms with van der Waals surface area (Å²) in [5.74, 6) is 0.786. The number of carbonyl (C=O) groups excluding carboxylic acids is 1. The van der Waals surface area contributed by atoms with E-state index >= 15 is 0 Å². The van der Waals surface area contributed by atoms with Gasteiger partial charge < -0.3 is 5.11 Å². The molecule has 106 valence electrons. The summed E-state index contributed by atoms with van der Waals surface area (Å²) in [5, 5.41) is 9.51. The van der Waals surface area contributed by atoms with Gasteiger partial charge in [0.05, 0.1) is 0 Å². The molecule has 0 aliphatic heterocycles. The van der Waals surface area contributed by atoms with Gasteiger partial charge in [-0.25, -0.2) is 0 Å². The van der Waals surface area contributed by atoms with E-state index < -0.39 is 0 Å². The molecule has 0 fully saturated rings. The van der Waals surface area contributed by atoms with Gasteiger partial charge in [-0.1, -0.05) is 38.1 Å². The third kappa shape index (κ3) is 2.62. The summed E-state index contributed by atoms with van der Waals surface area (Å²) < 4.78 is 0. The predicted octanol–water partition coefficient (Wildman–Crippen LogP) is 4.34. The van der Waals surface area contributed by atoms with Gasteiger partial charge in [0.25, 0.3) is 0 Å². The lowest BCUT2D eigenvalue weighted by atomic mass is 10.0. The van der Waals surface area contributed by atoms with Gasteiger partial charge in [-0.3, -0.25) is 4.79 Å². The van der Waals surface area contributed by atoms with Gasteiger partial charge in [-0.05, 0) is 46.9 Å². The van der Waals surface area contributed by atoms with Crippen molar-refractivity contribution in [2.24, 2.45) is 0 Å². The molecule has 0 aromatic heterocycles. The zero-order valence-electron chi connectivity index (χ0n) is 12.3. The van der Waals surface area contributed by atoms with Crippen LogP contribution < -0.4 is 0 Å². The molecule has 2 aromatic carbocycles. The fourth-order valence-electron chi connectivity index (χ4n) is 2.70. The summed E-state index contributed by atoms with van der Waals surface area (Å²) in [6.07, 6.45) is 2.54. The van der Waals surface area contributed by atoms with Crippen molar-refractivity contribution in [3.8, 4) is 5.75 Å². The largest absolute Gasteiger partial charge is 0.508 e. The van der Waals surface area contributed by atoms with Crippen molar-refractivity contribution in [2.75, 3.05) is 0 Å². The molecular formula is C19H18O2. The highest BCUT2D eigenvalue weighted by atomic mass is 16.3. The minimum Gasteiger partial charge on any atom is -0.508 e. The van der Waals surface area contributed by atoms with E-state index in [-0.39, 0.29) is 11.5 Å². The number of allylic oxidation sites excluding steroid dienone is 1. The van der Waals surface area contributed by atoms with Crippen molar-refractivity contribution in [1.82, 2.24) is 0 Å². The van der Waals surface area contributed by atoms with Gasteiger partial charge in [-0.2, -0.15) is 0 Å². The smallest absolute Gasteiger partial charge is 0.189 e. The molecule has 1 aliphatic carbocycles. The van der Waals surface area contributed by atoms with Crippen LogP contribution in [-0.4, -0.2) is 10.9 Å². The molecule has 0 atom stereocenters. The Bertz CT molecular complexity index is 722. The van der Waals surface area contributed by atoms with E-state index in [9.17, 15) is 9.90 Å². The number of aromatic hydroxyl groups is 1. The van der Waals surface area contributed by atoms with Crippen molar-refractivity contribution in [3.05, 3.63) is 70.3 Å². The minimum atomic E-state index is 0.0675. The van der Waals surface area contributed by atoms with Crippen LogP contribution in [0.2, 0.25) is 0 Å². The SMILES string of the molecule is CC(C)c1ccc(/C=C2\Cc3cc(O)ccc3C2=O)cc1. The van der Waals surface area contributed by atoms with E-state index in [2.05, 4.69) is 38.1 Å². The Balaban J connectivity index is 1.90. The Morgan fingerprint density at radius 2 is 1.81 bits per heavy atom. The van der Waals surface area contributed by atoms with Crippen molar-refractivity contribution >= 4 is 11.9 Å². The first-order valence-electron chi connectivity index (χ1n) is 7.21. The number of ketones is 1. The van der Waals surface area contributed by atoms with E-state index in [4.69, 9.17) is 0 Å². The number of rotatable bonds is 2. The first-order valence-corrected chi connectivity index (χ1v) is 7.21. The number of phenolic OH excluding ortho intramolecular Hbond substituents is 1. The number of fused-ring (bicyclic) bond motifs is 1. The van der Waals surface area contributed by atoms with Crippen molar-refractivity contribution in [1.29, 1.82) is 0 Å². The van der Waals surface area contributed by atoms with Crippen LogP contribution in [0.15, 0.2) is 48.0 Å². The Hall–Kier alpha value is -2.35. The number of benzene rings is 2. The average Bonchev–Trinajstić information content (AvgIpc) is 2.75. The molecular weight excluding hydrogens is 260 g/mol. The molecule has 2 heteroatoms. The second-order valence-corrected chi connectivity index (χ2v) is 5.84. The maximum Gasteiger partial charge on any atom is 0.189 e. The summed E-state index contributed by atoms with van der Waals surface area (Å²) in [6.45, 7) is 4.33. The maximum absolute atomic E-state index is 12.3. The molecule has 0 saturated carbocycles. The number of carbonyl (C=O) groups is 1. The van der Waals surface area contributed by atoms with Crippen molar-refractivity contribution in [3.63, 3.8) is 0 Å². The van der Waals surface area contributed by atoms with E-state index in [0.29, 0.717) is 17.9 Å². The Morgan fingerprint density at radius 3 is 2.48 bits per heavy atom. The monoisotopic (exact) mass is 278 g/mol. The molecule has 2 aromatic rings. The van der Waals surface area contributed by atoms with Gasteiger partial charge in [0.2, 0.25) is 0 Å². The highest BCUT2D eigenvalue weighted by Gasteiger charge is 2.24. The normalized spacial score (nSPS) is 15.8. The first-order chi connectivity index (χ1) is 10.0. The lowest BCUT2D eigenvalue weighted by molar-refractivity contribution is 0.104. The lowest BCUT2D eigenvalue weighted by Gasteiger charge is -2.05. The molecule has 0 radical (unpaired) electrons. The highest BCUT2D eigenvalue weighted by molar-refractivity contribution is 6.15. The van der Waals surface area contributed by atoms with Gasteiger partial charge >= 0.3 is 0 Å². The average molecular weight is 278 g/mol. The summed E-state index contributed by atoms with van der Waals surface area (Å²) in [4.78, 5) is 12.3. The predicted molar refractivity (Wildman–Crippen MR) is 84.6 cm³/mol. The van der Waals surface area contributed by atoms with Crippen LogP contribution in [0.4, 0.5) is 0 Å². The van der Waals surface area contributed by atoms with Crippen molar-refractivity contribution < 1.29 is 9.90 Å². The number of phenols is 1. The quantitative estimate of drug-likeness (QED) is 0.830. The Morgan fingerprint density at radius 1 is 1.10 bits per heavy atom. The Labute approximate surface area is 124 Å². The Kier molecular flexibility index (Phi) is 3.38. The molecule has 21 heavy (non-hydrogen) atoms. The second kappa shape index (κ2) is 5.21. The number of hydrogen-bond acceptors (Lipinski definition) is 2. The van der Waals surface area contributed by atoms with E-state index in [0.717, 1.165) is 16.7 Å². The molecule has 1 N–H and O–H groups in total. The molecule has 0 spiro atoms. The van der Waals surface area contributed by atoms with E-state index in [1.807, 2.05) is 6.08 Å². The molecule has 0 heterocycles. The third-order valence-corrected chi connectivity index (χ3v) is 3.95. The van der Waals surface area contributed by atoms with Gasteiger partial charge in [0.1, 0.15) is 5.75 Å². The molecule has 1 aliphatic rings. The van der Waals surface area contributed by atoms with Crippen LogP contribution in [0.25, 0.3) is 6.08 Å². The molecule has 2 nitrogen and oxygen atoms in total. The third-order valence-electron chi connectivity index (χ3n) is 3.95. The zero-order chi connectivity index (χ0) is 15.0. The summed E-state index contributed by atoms with van der Waals surface area (Å²) in [5.41, 5.74) is 4.73. The van der Waals surface area contributed by atoms with Gasteiger partial charge in [0.15, 0.2) is 5.78 Å². The maximum atomic E-state index is 12.3. The van der Waals surface area contributed by atoms with E-state index in [1.165, 1.54) is 5.56 Å². The van der Waals surface area contributed by atoms with Crippen molar-refractivity contribution in [2.45, 2.75) is 26.2 Å². The van der Waals surface area contributed by atoms with E-state index in [1.54, 1.807) is 18.2 Å². The van der Waals surface area contributed by atoms with Gasteiger partial charge in [0, 0.05) is 17.6 Å². The van der Waals surface area contributed by atoms with Crippen LogP contribution in [0.5, 0.6) is 5.75 Å². The summed E-state index contributed by atoms with van der Waals surface area (Å²) in [7, 11) is 0. The van der Waals surface area contributed by atoms with Crippen LogP contribution in [0.1, 0.15) is 46.8 Å². The lowest BCUT2D eigenvalue weighted by Crippen LogP contribution is -1.95. The standard InChI is InChI=1S/C19H18O2/c1-12(2)14-5-3-13(4-6-14)9-16-10-15-11-17(20)7-8-18(15)19(16)21/h3-9,11-12,20H,10H2,1-2H3/b16-9+. The topological polar surface area (TPSA) is 37.3 Å². The summed E-state index contributed by atoms with van der Waals surface area (Å²) >= 11 is 0. The fourth-order valence-corrected chi connectivity index (χ4v) is 2.70. The molecule has 3 rings (SSSR count). The van der Waals surface area contributed by atoms with Crippen LogP contribution in [0, 0.1) is 0 Å². The first kappa shape index (κ1) is 13.6. The van der Waals surface area contributed by atoms with Crippen LogP contribution in [-0.2, 0) is 6.42 Å². The van der Waals surface area contributed by atoms with Crippen LogP contribution >= 0.6 is 0 Å². The molecule has 0 unspecified atom stereocenters. The molecule has 0 saturated heterocycles. The van der Waals surface area contributed by atoms with Gasteiger partial charge in [-0.15, -0.1) is 0 Å². The second-order valence-electron chi connectivity index (χ2n) is 5.84. The minimum absolute atomic E-state index is 0.0675. The zero-order valence-corrected chi connectivity index (χ0v) is 12.3. The van der Waals surface area contributed by atoms with Crippen LogP contribution in [0.3, 0.4) is 0 Å². The highest BCUT2D eigenvalue weighted by Crippen LogP contribution is 2.30.